The standard InChI is InChI=1S/C16H17N3O3/c20-15(10-6-12-22-13-7-2-1-3-8-13)18-19-16(21)14-9-4-5-11-17-14/h1-5,7-9,11H,6,10,12H2,(H,18,20)(H,19,21). The molecule has 1 aromatic heterocycles. The van der Waals surface area contributed by atoms with E-state index >= 15 is 0 Å². The van der Waals surface area contributed by atoms with Gasteiger partial charge in [0.25, 0.3) is 5.91 Å². The maximum atomic E-state index is 11.7. The molecule has 0 spiro atoms. The molecular weight excluding hydrogens is 282 g/mol. The number of rotatable bonds is 6. The number of para-hydroxylation sites is 1. The molecule has 0 atom stereocenters. The number of amides is 2. The molecule has 0 aliphatic heterocycles. The second kappa shape index (κ2) is 8.41. The Balaban J connectivity index is 1.61. The number of hydrogen-bond acceptors (Lipinski definition) is 4. The van der Waals surface area contributed by atoms with Gasteiger partial charge in [-0.2, -0.15) is 0 Å². The second-order valence-corrected chi connectivity index (χ2v) is 4.48. The molecule has 0 saturated carbocycles. The molecule has 0 aliphatic rings. The van der Waals surface area contributed by atoms with Crippen molar-refractivity contribution in [1.82, 2.24) is 15.8 Å². The van der Waals surface area contributed by atoms with Crippen LogP contribution < -0.4 is 15.6 Å². The van der Waals surface area contributed by atoms with Crippen LogP contribution >= 0.6 is 0 Å². The Bertz CT molecular complexity index is 603. The highest BCUT2D eigenvalue weighted by molar-refractivity contribution is 5.93. The van der Waals surface area contributed by atoms with Gasteiger partial charge in [-0.15, -0.1) is 0 Å². The van der Waals surface area contributed by atoms with Gasteiger partial charge >= 0.3 is 0 Å². The highest BCUT2D eigenvalue weighted by Gasteiger charge is 2.07. The minimum Gasteiger partial charge on any atom is -0.494 e. The molecule has 0 saturated heterocycles. The van der Waals surface area contributed by atoms with Crippen LogP contribution in [-0.4, -0.2) is 23.4 Å². The van der Waals surface area contributed by atoms with E-state index in [1.807, 2.05) is 30.3 Å². The lowest BCUT2D eigenvalue weighted by Crippen LogP contribution is -2.41. The number of aromatic nitrogens is 1. The number of hydrogen-bond donors (Lipinski definition) is 2. The Morgan fingerprint density at radius 1 is 1.00 bits per heavy atom. The third-order valence-electron chi connectivity index (χ3n) is 2.77. The maximum Gasteiger partial charge on any atom is 0.288 e. The summed E-state index contributed by atoms with van der Waals surface area (Å²) in [5.74, 6) is 0.0433. The smallest absolute Gasteiger partial charge is 0.288 e. The molecule has 22 heavy (non-hydrogen) atoms. The molecule has 2 N–H and O–H groups in total. The Morgan fingerprint density at radius 2 is 1.77 bits per heavy atom. The third-order valence-corrected chi connectivity index (χ3v) is 2.77. The van der Waals surface area contributed by atoms with Gasteiger partial charge in [0.15, 0.2) is 0 Å². The molecule has 0 fully saturated rings. The molecule has 1 heterocycles. The van der Waals surface area contributed by atoms with E-state index in [1.165, 1.54) is 6.20 Å². The molecule has 0 bridgehead atoms. The summed E-state index contributed by atoms with van der Waals surface area (Å²) in [5.41, 5.74) is 4.91. The van der Waals surface area contributed by atoms with E-state index in [2.05, 4.69) is 15.8 Å². The fraction of sp³-hybridized carbons (Fsp3) is 0.188. The highest BCUT2D eigenvalue weighted by Crippen LogP contribution is 2.08. The number of nitrogens with one attached hydrogen (secondary N) is 2. The first-order valence-electron chi connectivity index (χ1n) is 6.94. The van der Waals surface area contributed by atoms with Crippen LogP contribution in [0.4, 0.5) is 0 Å². The maximum absolute atomic E-state index is 11.7. The van der Waals surface area contributed by atoms with Gasteiger partial charge < -0.3 is 4.74 Å². The first-order chi connectivity index (χ1) is 10.8. The largest absolute Gasteiger partial charge is 0.494 e. The van der Waals surface area contributed by atoms with Gasteiger partial charge in [0.2, 0.25) is 5.91 Å². The van der Waals surface area contributed by atoms with Crippen molar-refractivity contribution in [3.63, 3.8) is 0 Å². The van der Waals surface area contributed by atoms with Crippen molar-refractivity contribution in [2.24, 2.45) is 0 Å². The number of nitrogens with zero attached hydrogens (tertiary/aromatic N) is 1. The van der Waals surface area contributed by atoms with Crippen LogP contribution in [0, 0.1) is 0 Å². The third kappa shape index (κ3) is 5.24. The number of pyridine rings is 1. The summed E-state index contributed by atoms with van der Waals surface area (Å²) in [7, 11) is 0. The SMILES string of the molecule is O=C(CCCOc1ccccc1)NNC(=O)c1ccccn1. The lowest BCUT2D eigenvalue weighted by atomic mass is 10.3. The van der Waals surface area contributed by atoms with Crippen molar-refractivity contribution < 1.29 is 14.3 Å². The van der Waals surface area contributed by atoms with Gasteiger partial charge in [0, 0.05) is 12.6 Å². The lowest BCUT2D eigenvalue weighted by Gasteiger charge is -2.08. The molecule has 0 aliphatic carbocycles. The molecule has 6 heteroatoms. The normalized spacial score (nSPS) is 9.82. The topological polar surface area (TPSA) is 80.3 Å². The summed E-state index contributed by atoms with van der Waals surface area (Å²) in [6.07, 6.45) is 2.33. The summed E-state index contributed by atoms with van der Waals surface area (Å²) >= 11 is 0. The fourth-order valence-corrected chi connectivity index (χ4v) is 1.69. The minimum atomic E-state index is -0.450. The van der Waals surface area contributed by atoms with Gasteiger partial charge in [-0.3, -0.25) is 25.4 Å². The van der Waals surface area contributed by atoms with Crippen molar-refractivity contribution in [1.29, 1.82) is 0 Å². The van der Waals surface area contributed by atoms with Crippen molar-refractivity contribution in [3.05, 3.63) is 60.4 Å². The molecule has 0 radical (unpaired) electrons. The molecule has 2 rings (SSSR count). The summed E-state index contributed by atoms with van der Waals surface area (Å²) in [4.78, 5) is 27.1. The first-order valence-corrected chi connectivity index (χ1v) is 6.94. The average Bonchev–Trinajstić information content (AvgIpc) is 2.58. The molecule has 6 nitrogen and oxygen atoms in total. The number of carbonyl (C=O) groups excluding carboxylic acids is 2. The predicted octanol–water partition coefficient (Wildman–Crippen LogP) is 1.70. The Morgan fingerprint density at radius 3 is 2.50 bits per heavy atom. The highest BCUT2D eigenvalue weighted by atomic mass is 16.5. The molecular formula is C16H17N3O3. The average molecular weight is 299 g/mol. The summed E-state index contributed by atoms with van der Waals surface area (Å²) in [6.45, 7) is 0.436. The van der Waals surface area contributed by atoms with E-state index in [0.717, 1.165) is 5.75 Å². The molecule has 2 aromatic rings. The molecule has 1 aromatic carbocycles. The zero-order valence-corrected chi connectivity index (χ0v) is 12.0. The van der Waals surface area contributed by atoms with E-state index in [4.69, 9.17) is 4.74 Å². The van der Waals surface area contributed by atoms with Crippen LogP contribution in [0.2, 0.25) is 0 Å². The number of benzene rings is 1. The second-order valence-electron chi connectivity index (χ2n) is 4.48. The number of ether oxygens (including phenoxy) is 1. The van der Waals surface area contributed by atoms with Crippen LogP contribution in [0.1, 0.15) is 23.3 Å². The lowest BCUT2D eigenvalue weighted by molar-refractivity contribution is -0.122. The number of carbonyl (C=O) groups is 2. The monoisotopic (exact) mass is 299 g/mol. The van der Waals surface area contributed by atoms with Crippen molar-refractivity contribution in [2.75, 3.05) is 6.61 Å². The Hall–Kier alpha value is -2.89. The van der Waals surface area contributed by atoms with E-state index in [0.29, 0.717) is 13.0 Å². The summed E-state index contributed by atoms with van der Waals surface area (Å²) in [5, 5.41) is 0. The Labute approximate surface area is 128 Å². The van der Waals surface area contributed by atoms with Gasteiger partial charge in [-0.1, -0.05) is 24.3 Å². The van der Waals surface area contributed by atoms with Crippen LogP contribution in [0.15, 0.2) is 54.7 Å². The number of hydrazine groups is 1. The molecule has 0 unspecified atom stereocenters. The van der Waals surface area contributed by atoms with Crippen LogP contribution in [0.5, 0.6) is 5.75 Å². The van der Waals surface area contributed by atoms with Gasteiger partial charge in [-0.25, -0.2) is 0 Å². The summed E-state index contributed by atoms with van der Waals surface area (Å²) in [6, 6.07) is 14.4. The van der Waals surface area contributed by atoms with Crippen molar-refractivity contribution in [2.45, 2.75) is 12.8 Å². The van der Waals surface area contributed by atoms with E-state index in [-0.39, 0.29) is 18.0 Å². The van der Waals surface area contributed by atoms with Crippen molar-refractivity contribution in [3.8, 4) is 5.75 Å². The van der Waals surface area contributed by atoms with Gasteiger partial charge in [0.1, 0.15) is 11.4 Å². The Kier molecular flexibility index (Phi) is 5.92. The van der Waals surface area contributed by atoms with E-state index in [1.54, 1.807) is 18.2 Å². The van der Waals surface area contributed by atoms with Crippen molar-refractivity contribution >= 4 is 11.8 Å². The van der Waals surface area contributed by atoms with Gasteiger partial charge in [-0.05, 0) is 30.7 Å². The molecule has 2 amide bonds. The van der Waals surface area contributed by atoms with E-state index < -0.39 is 5.91 Å². The van der Waals surface area contributed by atoms with E-state index in [9.17, 15) is 9.59 Å². The quantitative estimate of drug-likeness (QED) is 0.628. The first kappa shape index (κ1) is 15.5. The van der Waals surface area contributed by atoms with Crippen LogP contribution in [0.3, 0.4) is 0 Å². The zero-order chi connectivity index (χ0) is 15.6. The minimum absolute atomic E-state index is 0.246. The predicted molar refractivity (Wildman–Crippen MR) is 81.0 cm³/mol. The zero-order valence-electron chi connectivity index (χ0n) is 12.0. The molecule has 114 valence electrons. The summed E-state index contributed by atoms with van der Waals surface area (Å²) < 4.78 is 5.47. The van der Waals surface area contributed by atoms with Crippen LogP contribution in [0.25, 0.3) is 0 Å². The fourth-order valence-electron chi connectivity index (χ4n) is 1.69. The van der Waals surface area contributed by atoms with Gasteiger partial charge in [0.05, 0.1) is 6.61 Å². The van der Waals surface area contributed by atoms with Crippen LogP contribution in [-0.2, 0) is 4.79 Å².